The molecule has 0 aliphatic heterocycles. The molecular weight excluding hydrogens is 510 g/mol. The van der Waals surface area contributed by atoms with Crippen molar-refractivity contribution in [3.05, 3.63) is 92.1 Å². The number of Topliss-reactive ketones (excluding diaryl/α,β-unsaturated/α-hetero) is 1. The third-order valence-corrected chi connectivity index (χ3v) is 5.63. The largest absolute Gasteiger partial charge is 0.497 e. The number of carbonyl (C=O) groups excluding carboxylic acids is 3. The number of ether oxygens (including phenoxy) is 4. The fourth-order valence-corrected chi connectivity index (χ4v) is 3.61. The van der Waals surface area contributed by atoms with Crippen LogP contribution >= 0.6 is 0 Å². The second-order valence-electron chi connectivity index (χ2n) is 8.05. The number of nitrogens with zero attached hydrogens (tertiary/aromatic N) is 2. The van der Waals surface area contributed by atoms with Crippen LogP contribution in [0.4, 0.5) is 5.82 Å². The van der Waals surface area contributed by atoms with Crippen molar-refractivity contribution in [3.8, 4) is 11.5 Å². The van der Waals surface area contributed by atoms with Crippen LogP contribution in [-0.4, -0.2) is 54.8 Å². The Morgan fingerprint density at radius 3 is 2.31 bits per heavy atom. The summed E-state index contributed by atoms with van der Waals surface area (Å²) < 4.78 is 21.5. The number of esters is 2. The summed E-state index contributed by atoms with van der Waals surface area (Å²) >= 11 is 0. The van der Waals surface area contributed by atoms with E-state index in [9.17, 15) is 24.0 Å². The van der Waals surface area contributed by atoms with Crippen LogP contribution in [0.1, 0.15) is 21.5 Å². The zero-order valence-corrected chi connectivity index (χ0v) is 21.5. The lowest BCUT2D eigenvalue weighted by Crippen LogP contribution is -2.46. The first-order chi connectivity index (χ1) is 18.7. The number of hydrogen-bond acceptors (Lipinski definition) is 10. The predicted molar refractivity (Wildman–Crippen MR) is 141 cm³/mol. The molecule has 0 radical (unpaired) electrons. The third kappa shape index (κ3) is 6.80. The Bertz CT molecular complexity index is 1520. The van der Waals surface area contributed by atoms with Gasteiger partial charge in [0.25, 0.3) is 5.56 Å². The van der Waals surface area contributed by atoms with Crippen molar-refractivity contribution in [2.75, 3.05) is 33.7 Å². The molecule has 204 valence electrons. The van der Waals surface area contributed by atoms with E-state index in [2.05, 4.69) is 4.74 Å². The molecular formula is C27H27N3O9. The van der Waals surface area contributed by atoms with Gasteiger partial charge >= 0.3 is 17.6 Å². The maximum Gasteiger partial charge on any atom is 0.333 e. The summed E-state index contributed by atoms with van der Waals surface area (Å²) in [6.45, 7) is -1.67. The van der Waals surface area contributed by atoms with Gasteiger partial charge < -0.3 is 24.7 Å². The number of ketones is 1. The van der Waals surface area contributed by atoms with Crippen LogP contribution in [0.5, 0.6) is 11.5 Å². The molecule has 0 aliphatic carbocycles. The molecule has 0 bridgehead atoms. The summed E-state index contributed by atoms with van der Waals surface area (Å²) in [6, 6.07) is 13.7. The number of benzene rings is 2. The van der Waals surface area contributed by atoms with E-state index in [4.69, 9.17) is 19.9 Å². The highest BCUT2D eigenvalue weighted by Crippen LogP contribution is 2.25. The molecule has 0 atom stereocenters. The molecule has 0 saturated carbocycles. The number of aromatic nitrogens is 2. The Labute approximate surface area is 222 Å². The van der Waals surface area contributed by atoms with Crippen LogP contribution in [0.3, 0.4) is 0 Å². The second kappa shape index (κ2) is 12.9. The van der Waals surface area contributed by atoms with Crippen LogP contribution in [0.15, 0.2) is 64.2 Å². The Balaban J connectivity index is 1.89. The fourth-order valence-electron chi connectivity index (χ4n) is 3.61. The van der Waals surface area contributed by atoms with E-state index < -0.39 is 53.5 Å². The lowest BCUT2D eigenvalue weighted by molar-refractivity contribution is -0.141. The maximum absolute atomic E-state index is 13.1. The van der Waals surface area contributed by atoms with Crippen LogP contribution in [0.2, 0.25) is 0 Å². The molecule has 0 amide bonds. The Morgan fingerprint density at radius 2 is 1.67 bits per heavy atom. The average molecular weight is 538 g/mol. The minimum atomic E-state index is -1.11. The zero-order chi connectivity index (χ0) is 28.5. The molecule has 2 aromatic carbocycles. The van der Waals surface area contributed by atoms with Crippen LogP contribution < -0.4 is 26.5 Å². The quantitative estimate of drug-likeness (QED) is 0.214. The Morgan fingerprint density at radius 1 is 0.949 bits per heavy atom. The van der Waals surface area contributed by atoms with Gasteiger partial charge in [0.2, 0.25) is 5.78 Å². The fraction of sp³-hybridized carbons (Fsp3) is 0.222. The molecule has 1 aromatic heterocycles. The van der Waals surface area contributed by atoms with E-state index in [0.717, 1.165) is 17.8 Å². The number of carbonyl (C=O) groups is 3. The molecule has 0 aliphatic rings. The lowest BCUT2D eigenvalue weighted by atomic mass is 10.1. The topological polar surface area (TPSA) is 158 Å². The van der Waals surface area contributed by atoms with Gasteiger partial charge in [0.15, 0.2) is 6.61 Å². The molecule has 12 nitrogen and oxygen atoms in total. The van der Waals surface area contributed by atoms with E-state index in [0.29, 0.717) is 27.2 Å². The van der Waals surface area contributed by atoms with Crippen LogP contribution in [0, 0.1) is 0 Å². The molecule has 1 heterocycles. The summed E-state index contributed by atoms with van der Waals surface area (Å²) in [4.78, 5) is 63.3. The van der Waals surface area contributed by atoms with Gasteiger partial charge in [-0.25, -0.2) is 14.2 Å². The van der Waals surface area contributed by atoms with Gasteiger partial charge in [-0.15, -0.1) is 0 Å². The number of hydrogen-bond donors (Lipinski definition) is 1. The molecule has 0 unspecified atom stereocenters. The van der Waals surface area contributed by atoms with E-state index in [1.165, 1.54) is 20.3 Å². The predicted octanol–water partition coefficient (Wildman–Crippen LogP) is 1.27. The number of methoxy groups -OCH3 is 3. The highest BCUT2D eigenvalue weighted by Gasteiger charge is 2.25. The van der Waals surface area contributed by atoms with E-state index in [-0.39, 0.29) is 6.54 Å². The highest BCUT2D eigenvalue weighted by atomic mass is 16.5. The van der Waals surface area contributed by atoms with Crippen molar-refractivity contribution in [1.82, 2.24) is 9.13 Å². The zero-order valence-electron chi connectivity index (χ0n) is 21.5. The van der Waals surface area contributed by atoms with Gasteiger partial charge in [-0.2, -0.15) is 0 Å². The highest BCUT2D eigenvalue weighted by molar-refractivity contribution is 6.02. The molecule has 0 saturated heterocycles. The van der Waals surface area contributed by atoms with Gasteiger partial charge in [-0.1, -0.05) is 30.3 Å². The van der Waals surface area contributed by atoms with Gasteiger partial charge in [0, 0.05) is 11.6 Å². The minimum Gasteiger partial charge on any atom is -0.497 e. The summed E-state index contributed by atoms with van der Waals surface area (Å²) in [5.41, 5.74) is 4.66. The standard InChI is InChI=1S/C27H27N3O9/c1-36-19-10-11-21(37-2)18(13-19)9-12-22(32)39-16-20(31)24-25(28)29(14-17-7-5-4-6-8-17)27(35)30(26(24)34)15-23(33)38-3/h4-13H,14-16,28H2,1-3H3/b12-9+. The first-order valence-electron chi connectivity index (χ1n) is 11.5. The normalized spacial score (nSPS) is 10.7. The number of rotatable bonds is 11. The SMILES string of the molecule is COC(=O)Cn1c(=O)c(C(=O)COC(=O)/C=C/c2cc(OC)ccc2OC)c(N)n(Cc2ccccc2)c1=O. The minimum absolute atomic E-state index is 0.0852. The molecule has 0 fully saturated rings. The second-order valence-corrected chi connectivity index (χ2v) is 8.05. The maximum atomic E-state index is 13.1. The number of nitrogen functional groups attached to an aromatic ring is 1. The molecule has 12 heteroatoms. The number of anilines is 1. The van der Waals surface area contributed by atoms with Crippen LogP contribution in [0.25, 0.3) is 6.08 Å². The Hall–Kier alpha value is -5.13. The van der Waals surface area contributed by atoms with Gasteiger partial charge in [-0.05, 0) is 29.8 Å². The molecule has 2 N–H and O–H groups in total. The van der Waals surface area contributed by atoms with Crippen molar-refractivity contribution < 1.29 is 33.3 Å². The summed E-state index contributed by atoms with van der Waals surface area (Å²) in [5, 5.41) is 0. The van der Waals surface area contributed by atoms with Crippen molar-refractivity contribution in [2.24, 2.45) is 0 Å². The van der Waals surface area contributed by atoms with Gasteiger partial charge in [0.05, 0.1) is 27.9 Å². The number of nitrogens with two attached hydrogens (primary N) is 1. The van der Waals surface area contributed by atoms with Crippen molar-refractivity contribution in [2.45, 2.75) is 13.1 Å². The smallest absolute Gasteiger partial charge is 0.333 e. The molecule has 3 aromatic rings. The van der Waals surface area contributed by atoms with Crippen LogP contribution in [-0.2, 0) is 32.2 Å². The first-order valence-corrected chi connectivity index (χ1v) is 11.5. The molecule has 3 rings (SSSR count). The first kappa shape index (κ1) is 28.4. The van der Waals surface area contributed by atoms with Crippen molar-refractivity contribution >= 4 is 29.6 Å². The van der Waals surface area contributed by atoms with Gasteiger partial charge in [-0.3, -0.25) is 19.0 Å². The summed E-state index contributed by atoms with van der Waals surface area (Å²) in [6.07, 6.45) is 2.48. The molecule has 0 spiro atoms. The Kier molecular flexibility index (Phi) is 9.41. The van der Waals surface area contributed by atoms with E-state index >= 15 is 0 Å². The molecule has 39 heavy (non-hydrogen) atoms. The van der Waals surface area contributed by atoms with Crippen molar-refractivity contribution in [1.29, 1.82) is 0 Å². The summed E-state index contributed by atoms with van der Waals surface area (Å²) in [5.74, 6) is -2.15. The monoisotopic (exact) mass is 537 g/mol. The van der Waals surface area contributed by atoms with Crippen molar-refractivity contribution in [3.63, 3.8) is 0 Å². The van der Waals surface area contributed by atoms with Gasteiger partial charge in [0.1, 0.15) is 29.4 Å². The van der Waals surface area contributed by atoms with E-state index in [1.54, 1.807) is 48.5 Å². The third-order valence-electron chi connectivity index (χ3n) is 5.63. The lowest BCUT2D eigenvalue weighted by Gasteiger charge is -2.16. The summed E-state index contributed by atoms with van der Waals surface area (Å²) in [7, 11) is 4.04. The van der Waals surface area contributed by atoms with E-state index in [1.807, 2.05) is 0 Å². The average Bonchev–Trinajstić information content (AvgIpc) is 2.95.